The third-order valence-corrected chi connectivity index (χ3v) is 4.56. The zero-order valence-corrected chi connectivity index (χ0v) is 16.5. The summed E-state index contributed by atoms with van der Waals surface area (Å²) in [5.74, 6) is -1.70. The van der Waals surface area contributed by atoms with Crippen LogP contribution in [-0.2, 0) is 11.3 Å². The van der Waals surface area contributed by atoms with Gasteiger partial charge < -0.3 is 15.3 Å². The molecule has 8 heteroatoms. The highest BCUT2D eigenvalue weighted by Crippen LogP contribution is 2.26. The van der Waals surface area contributed by atoms with Crippen LogP contribution in [0.2, 0.25) is 0 Å². The first-order valence-corrected chi connectivity index (χ1v) is 9.12. The number of pyridine rings is 2. The molecule has 0 saturated carbocycles. The molecule has 0 unspecified atom stereocenters. The third-order valence-electron chi connectivity index (χ3n) is 4.56. The van der Waals surface area contributed by atoms with Gasteiger partial charge in [-0.05, 0) is 35.9 Å². The lowest BCUT2D eigenvalue weighted by Gasteiger charge is -2.18. The highest BCUT2D eigenvalue weighted by atomic mass is 16.4. The Morgan fingerprint density at radius 2 is 1.90 bits per heavy atom. The van der Waals surface area contributed by atoms with Gasteiger partial charge in [-0.25, -0.2) is 4.79 Å². The van der Waals surface area contributed by atoms with Gasteiger partial charge in [0.25, 0.3) is 5.91 Å². The van der Waals surface area contributed by atoms with Gasteiger partial charge in [-0.3, -0.25) is 19.6 Å². The average Bonchev–Trinajstić information content (AvgIpc) is 2.77. The molecular formula is C22H20N4O4. The summed E-state index contributed by atoms with van der Waals surface area (Å²) in [7, 11) is 1.51. The number of hydrogen-bond acceptors (Lipinski definition) is 5. The summed E-state index contributed by atoms with van der Waals surface area (Å²) in [4.78, 5) is 45.1. The van der Waals surface area contributed by atoms with Crippen molar-refractivity contribution in [3.63, 3.8) is 0 Å². The van der Waals surface area contributed by atoms with Gasteiger partial charge in [0.15, 0.2) is 0 Å². The second-order valence-electron chi connectivity index (χ2n) is 6.59. The molecule has 0 bridgehead atoms. The van der Waals surface area contributed by atoms with Gasteiger partial charge in [0, 0.05) is 44.7 Å². The van der Waals surface area contributed by atoms with Crippen molar-refractivity contribution in [1.29, 1.82) is 0 Å². The van der Waals surface area contributed by atoms with Gasteiger partial charge in [0.2, 0.25) is 5.91 Å². The van der Waals surface area contributed by atoms with E-state index >= 15 is 0 Å². The standard InChI is InChI=1S/C22H20N4O4/c1-14(27)26(2)20-8-6-16(10-18(20)22(29)30)19-7-5-17(13-24-19)21(28)25-12-15-4-3-9-23-11-15/h3-11,13H,12H2,1-2H3,(H,25,28)(H,29,30). The minimum atomic E-state index is -1.15. The van der Waals surface area contributed by atoms with E-state index in [4.69, 9.17) is 0 Å². The van der Waals surface area contributed by atoms with Gasteiger partial charge in [-0.15, -0.1) is 0 Å². The molecule has 2 N–H and O–H groups in total. The fraction of sp³-hybridized carbons (Fsp3) is 0.136. The van der Waals surface area contributed by atoms with Crippen LogP contribution in [0.3, 0.4) is 0 Å². The first-order chi connectivity index (χ1) is 14.4. The summed E-state index contributed by atoms with van der Waals surface area (Å²) < 4.78 is 0. The maximum atomic E-state index is 12.3. The number of aromatic carboxylic acids is 1. The van der Waals surface area contributed by atoms with E-state index in [1.165, 1.54) is 31.1 Å². The second kappa shape index (κ2) is 8.95. The maximum absolute atomic E-state index is 12.3. The molecule has 2 heterocycles. The summed E-state index contributed by atoms with van der Waals surface area (Å²) in [6.45, 7) is 1.71. The smallest absolute Gasteiger partial charge is 0.337 e. The highest BCUT2D eigenvalue weighted by Gasteiger charge is 2.17. The lowest BCUT2D eigenvalue weighted by atomic mass is 10.0. The number of carbonyl (C=O) groups is 3. The van der Waals surface area contributed by atoms with E-state index in [1.807, 2.05) is 6.07 Å². The van der Waals surface area contributed by atoms with E-state index in [9.17, 15) is 19.5 Å². The van der Waals surface area contributed by atoms with Crippen molar-refractivity contribution < 1.29 is 19.5 Å². The van der Waals surface area contributed by atoms with Crippen molar-refractivity contribution >= 4 is 23.5 Å². The Morgan fingerprint density at radius 1 is 1.10 bits per heavy atom. The normalized spacial score (nSPS) is 10.3. The van der Waals surface area contributed by atoms with Crippen LogP contribution in [0.1, 0.15) is 33.2 Å². The van der Waals surface area contributed by atoms with Crippen molar-refractivity contribution in [3.8, 4) is 11.3 Å². The number of carboxylic acids is 1. The molecule has 0 atom stereocenters. The first-order valence-electron chi connectivity index (χ1n) is 9.12. The lowest BCUT2D eigenvalue weighted by molar-refractivity contribution is -0.116. The first kappa shape index (κ1) is 20.7. The van der Waals surface area contributed by atoms with Gasteiger partial charge in [0.1, 0.15) is 0 Å². The van der Waals surface area contributed by atoms with Crippen molar-refractivity contribution in [3.05, 3.63) is 77.7 Å². The molecule has 0 aliphatic rings. The monoisotopic (exact) mass is 404 g/mol. The molecule has 3 rings (SSSR count). The largest absolute Gasteiger partial charge is 0.478 e. The van der Waals surface area contributed by atoms with Gasteiger partial charge >= 0.3 is 5.97 Å². The predicted octanol–water partition coefficient (Wildman–Crippen LogP) is 2.75. The number of anilines is 1. The van der Waals surface area contributed by atoms with Gasteiger partial charge in [-0.1, -0.05) is 12.1 Å². The summed E-state index contributed by atoms with van der Waals surface area (Å²) in [6.07, 6.45) is 4.77. The molecule has 152 valence electrons. The number of hydrogen-bond donors (Lipinski definition) is 2. The SMILES string of the molecule is CC(=O)N(C)c1ccc(-c2ccc(C(=O)NCc3cccnc3)cn2)cc1C(=O)O. The Balaban J connectivity index is 1.78. The zero-order valence-electron chi connectivity index (χ0n) is 16.5. The van der Waals surface area contributed by atoms with Crippen LogP contribution in [0.4, 0.5) is 5.69 Å². The Kier molecular flexibility index (Phi) is 6.17. The van der Waals surface area contributed by atoms with E-state index in [2.05, 4.69) is 15.3 Å². The molecular weight excluding hydrogens is 384 g/mol. The molecule has 0 aliphatic carbocycles. The number of carbonyl (C=O) groups excluding carboxylic acids is 2. The molecule has 2 aromatic heterocycles. The van der Waals surface area contributed by atoms with Crippen LogP contribution < -0.4 is 10.2 Å². The summed E-state index contributed by atoms with van der Waals surface area (Å²) in [5, 5.41) is 12.3. The van der Waals surface area contributed by atoms with Crippen LogP contribution in [0, 0.1) is 0 Å². The number of nitrogens with zero attached hydrogens (tertiary/aromatic N) is 3. The number of carboxylic acid groups (broad SMARTS) is 1. The third kappa shape index (κ3) is 4.67. The van der Waals surface area contributed by atoms with Crippen LogP contribution in [-0.4, -0.2) is 39.9 Å². The number of nitrogens with one attached hydrogen (secondary N) is 1. The van der Waals surface area contributed by atoms with E-state index < -0.39 is 5.97 Å². The van der Waals surface area contributed by atoms with E-state index in [-0.39, 0.29) is 17.4 Å². The van der Waals surface area contributed by atoms with E-state index in [1.54, 1.807) is 42.7 Å². The Morgan fingerprint density at radius 3 is 2.50 bits per heavy atom. The molecule has 0 fully saturated rings. The van der Waals surface area contributed by atoms with Gasteiger partial charge in [0.05, 0.1) is 22.5 Å². The molecule has 30 heavy (non-hydrogen) atoms. The minimum absolute atomic E-state index is 0.00899. The summed E-state index contributed by atoms with van der Waals surface area (Å²) in [6, 6.07) is 11.6. The number of aromatic nitrogens is 2. The van der Waals surface area contributed by atoms with E-state index in [0.29, 0.717) is 29.1 Å². The molecule has 3 aromatic rings. The van der Waals surface area contributed by atoms with Crippen LogP contribution in [0.25, 0.3) is 11.3 Å². The number of rotatable bonds is 6. The molecule has 0 saturated heterocycles. The predicted molar refractivity (Wildman–Crippen MR) is 111 cm³/mol. The van der Waals surface area contributed by atoms with Crippen LogP contribution >= 0.6 is 0 Å². The Hall–Kier alpha value is -4.07. The Bertz CT molecular complexity index is 1080. The van der Waals surface area contributed by atoms with Crippen molar-refractivity contribution in [1.82, 2.24) is 15.3 Å². The quantitative estimate of drug-likeness (QED) is 0.653. The fourth-order valence-electron chi connectivity index (χ4n) is 2.81. The van der Waals surface area contributed by atoms with Crippen molar-refractivity contribution in [2.75, 3.05) is 11.9 Å². The van der Waals surface area contributed by atoms with Gasteiger partial charge in [-0.2, -0.15) is 0 Å². The molecule has 0 spiro atoms. The van der Waals surface area contributed by atoms with E-state index in [0.717, 1.165) is 5.56 Å². The number of benzene rings is 1. The minimum Gasteiger partial charge on any atom is -0.478 e. The fourth-order valence-corrected chi connectivity index (χ4v) is 2.81. The van der Waals surface area contributed by atoms with Crippen molar-refractivity contribution in [2.24, 2.45) is 0 Å². The summed E-state index contributed by atoms with van der Waals surface area (Å²) in [5.41, 5.74) is 2.63. The zero-order chi connectivity index (χ0) is 21.7. The number of amides is 2. The topological polar surface area (TPSA) is 112 Å². The molecule has 2 amide bonds. The van der Waals surface area contributed by atoms with Crippen molar-refractivity contribution in [2.45, 2.75) is 13.5 Å². The second-order valence-corrected chi connectivity index (χ2v) is 6.59. The Labute approximate surface area is 173 Å². The van der Waals surface area contributed by atoms with Crippen LogP contribution in [0.15, 0.2) is 61.1 Å². The summed E-state index contributed by atoms with van der Waals surface area (Å²) >= 11 is 0. The molecule has 8 nitrogen and oxygen atoms in total. The molecule has 0 radical (unpaired) electrons. The molecule has 0 aliphatic heterocycles. The lowest BCUT2D eigenvalue weighted by Crippen LogP contribution is -2.25. The maximum Gasteiger partial charge on any atom is 0.337 e. The average molecular weight is 404 g/mol. The molecule has 1 aromatic carbocycles. The van der Waals surface area contributed by atoms with Crippen LogP contribution in [0.5, 0.6) is 0 Å². The highest BCUT2D eigenvalue weighted by molar-refractivity contribution is 6.02.